The number of piperidine rings is 1. The first-order chi connectivity index (χ1) is 19.4. The van der Waals surface area contributed by atoms with Gasteiger partial charge in [0.25, 0.3) is 6.29 Å². The maximum Gasteiger partial charge on any atom is 0.331 e. The van der Waals surface area contributed by atoms with Gasteiger partial charge in [-0.1, -0.05) is 23.7 Å². The molecule has 1 aromatic heterocycles. The van der Waals surface area contributed by atoms with Crippen molar-refractivity contribution in [2.45, 2.75) is 57.6 Å². The molecule has 3 aliphatic heterocycles. The summed E-state index contributed by atoms with van der Waals surface area (Å²) in [6, 6.07) is 10.4. The van der Waals surface area contributed by atoms with Gasteiger partial charge in [0.2, 0.25) is 0 Å². The number of nitrogens with zero attached hydrogens (tertiary/aromatic N) is 3. The highest BCUT2D eigenvalue weighted by Crippen LogP contribution is 2.47. The average molecular weight is 568 g/mol. The summed E-state index contributed by atoms with van der Waals surface area (Å²) in [5.41, 5.74) is 2.45. The number of likely N-dealkylation sites (tertiary alicyclic amines) is 1. The molecule has 0 saturated carbocycles. The molecule has 210 valence electrons. The number of fused-ring (bicyclic) bond motifs is 1. The van der Waals surface area contributed by atoms with E-state index in [9.17, 15) is 14.3 Å². The Bertz CT molecular complexity index is 1450. The first-order valence-electron chi connectivity index (χ1n) is 13.6. The molecule has 0 bridgehead atoms. The van der Waals surface area contributed by atoms with E-state index < -0.39 is 18.1 Å². The number of ether oxygens (including phenoxy) is 3. The Morgan fingerprint density at radius 3 is 2.67 bits per heavy atom. The molecular formula is C30H31ClFN3O5. The van der Waals surface area contributed by atoms with Gasteiger partial charge >= 0.3 is 5.97 Å². The minimum atomic E-state index is -0.942. The highest BCUT2D eigenvalue weighted by molar-refractivity contribution is 6.30. The van der Waals surface area contributed by atoms with Crippen molar-refractivity contribution in [3.05, 3.63) is 81.7 Å². The quantitative estimate of drug-likeness (QED) is 0.344. The van der Waals surface area contributed by atoms with Gasteiger partial charge in [-0.25, -0.2) is 14.2 Å². The fourth-order valence-electron chi connectivity index (χ4n) is 5.54. The van der Waals surface area contributed by atoms with Gasteiger partial charge in [0, 0.05) is 22.8 Å². The predicted molar refractivity (Wildman–Crippen MR) is 147 cm³/mol. The Labute approximate surface area is 236 Å². The summed E-state index contributed by atoms with van der Waals surface area (Å²) < 4.78 is 34.4. The van der Waals surface area contributed by atoms with E-state index in [0.29, 0.717) is 35.2 Å². The number of carboxylic acid groups (broad SMARTS) is 1. The smallest absolute Gasteiger partial charge is 0.331 e. The van der Waals surface area contributed by atoms with E-state index in [2.05, 4.69) is 20.5 Å². The fourth-order valence-corrected chi connectivity index (χ4v) is 5.70. The van der Waals surface area contributed by atoms with Gasteiger partial charge in [-0.05, 0) is 75.5 Å². The summed E-state index contributed by atoms with van der Waals surface area (Å²) in [5.74, 6) is 1.09. The summed E-state index contributed by atoms with van der Waals surface area (Å²) in [4.78, 5) is 18.4. The van der Waals surface area contributed by atoms with Crippen molar-refractivity contribution in [3.63, 3.8) is 0 Å². The lowest BCUT2D eigenvalue weighted by atomic mass is 9.88. The summed E-state index contributed by atoms with van der Waals surface area (Å²) in [7, 11) is 0. The van der Waals surface area contributed by atoms with E-state index in [4.69, 9.17) is 25.8 Å². The van der Waals surface area contributed by atoms with Crippen molar-refractivity contribution in [1.29, 1.82) is 0 Å². The number of halogens is 2. The molecule has 0 aliphatic carbocycles. The Hall–Kier alpha value is -3.40. The van der Waals surface area contributed by atoms with Crippen LogP contribution in [0.2, 0.25) is 5.02 Å². The van der Waals surface area contributed by atoms with E-state index >= 15 is 0 Å². The summed E-state index contributed by atoms with van der Waals surface area (Å²) in [5, 5.41) is 9.67. The minimum absolute atomic E-state index is 0.128. The normalized spacial score (nSPS) is 21.4. The lowest BCUT2D eigenvalue weighted by molar-refractivity contribution is -0.132. The zero-order chi connectivity index (χ0) is 27.8. The van der Waals surface area contributed by atoms with Crippen LogP contribution in [0.15, 0.2) is 48.2 Å². The predicted octanol–water partition coefficient (Wildman–Crippen LogP) is 5.80. The maximum atomic E-state index is 14.5. The third-order valence-corrected chi connectivity index (χ3v) is 8.16. The van der Waals surface area contributed by atoms with Gasteiger partial charge in [-0.2, -0.15) is 0 Å². The molecule has 8 nitrogen and oxygen atoms in total. The molecule has 40 heavy (non-hydrogen) atoms. The minimum Gasteiger partial charge on any atom is -0.478 e. The van der Waals surface area contributed by atoms with Crippen molar-refractivity contribution in [2.75, 3.05) is 19.7 Å². The topological polar surface area (TPSA) is 86.0 Å². The lowest BCUT2D eigenvalue weighted by Gasteiger charge is -2.33. The highest BCUT2D eigenvalue weighted by Gasteiger charge is 2.33. The molecule has 2 aromatic carbocycles. The third kappa shape index (κ3) is 5.46. The van der Waals surface area contributed by atoms with E-state index in [-0.39, 0.29) is 17.6 Å². The monoisotopic (exact) mass is 567 g/mol. The zero-order valence-corrected chi connectivity index (χ0v) is 22.9. The van der Waals surface area contributed by atoms with Crippen LogP contribution in [-0.2, 0) is 22.6 Å². The van der Waals surface area contributed by atoms with E-state index in [0.717, 1.165) is 56.0 Å². The number of hydrogen-bond donors (Lipinski definition) is 1. The number of carboxylic acids is 1. The maximum absolute atomic E-state index is 14.5. The molecule has 2 unspecified atom stereocenters. The molecule has 0 spiro atoms. The highest BCUT2D eigenvalue weighted by atomic mass is 35.5. The Balaban J connectivity index is 1.13. The molecule has 2 atom stereocenters. The molecule has 10 heteroatoms. The van der Waals surface area contributed by atoms with Gasteiger partial charge in [-0.15, -0.1) is 0 Å². The van der Waals surface area contributed by atoms with Crippen LogP contribution in [-0.4, -0.2) is 51.3 Å². The first kappa shape index (κ1) is 26.8. The van der Waals surface area contributed by atoms with Crippen LogP contribution in [0, 0.1) is 5.82 Å². The molecular weight excluding hydrogens is 537 g/mol. The number of carbonyl (C=O) groups is 1. The SMILES string of the molecule is C/C(=C\c1cnc(CN2CCC(c3cccc4c3OC(c3ccc(Cl)cc3F)O4)CC2)n1CC1CCO1)C(=O)O. The first-order valence-corrected chi connectivity index (χ1v) is 13.9. The van der Waals surface area contributed by atoms with Crippen LogP contribution >= 0.6 is 11.6 Å². The molecule has 2 saturated heterocycles. The second-order valence-corrected chi connectivity index (χ2v) is 11.0. The van der Waals surface area contributed by atoms with Gasteiger partial charge in [0.05, 0.1) is 36.6 Å². The number of imidazole rings is 1. The fraction of sp³-hybridized carbons (Fsp3) is 0.400. The standard InChI is InChI=1S/C30H31ClFN3O5/c1-18(29(36)37)13-21-15-33-27(35(21)16-22-9-12-38-22)17-34-10-7-19(8-11-34)23-3-2-4-26-28(23)40-30(39-26)24-6-5-20(31)14-25(24)32/h2-6,13-15,19,22,30H,7-12,16-17H2,1H3,(H,36,37)/b18-13+. The number of benzene rings is 2. The number of aliphatic carboxylic acids is 1. The molecule has 2 fully saturated rings. The zero-order valence-electron chi connectivity index (χ0n) is 22.2. The van der Waals surface area contributed by atoms with Crippen LogP contribution in [0.1, 0.15) is 61.0 Å². The van der Waals surface area contributed by atoms with Crippen molar-refractivity contribution in [2.24, 2.45) is 0 Å². The second-order valence-electron chi connectivity index (χ2n) is 10.6. The number of para-hydroxylation sites is 1. The van der Waals surface area contributed by atoms with Crippen LogP contribution < -0.4 is 9.47 Å². The molecule has 4 heterocycles. The van der Waals surface area contributed by atoms with Gasteiger partial charge in [0.1, 0.15) is 11.6 Å². The number of aromatic nitrogens is 2. The van der Waals surface area contributed by atoms with Gasteiger partial charge in [0.15, 0.2) is 11.5 Å². The van der Waals surface area contributed by atoms with Crippen LogP contribution in [0.5, 0.6) is 11.5 Å². The van der Waals surface area contributed by atoms with Crippen LogP contribution in [0.4, 0.5) is 4.39 Å². The van der Waals surface area contributed by atoms with Gasteiger partial charge in [-0.3, -0.25) is 4.90 Å². The molecule has 3 aromatic rings. The van der Waals surface area contributed by atoms with E-state index in [1.54, 1.807) is 31.3 Å². The third-order valence-electron chi connectivity index (χ3n) is 7.93. The molecule has 0 radical (unpaired) electrons. The second kappa shape index (κ2) is 11.2. The van der Waals surface area contributed by atoms with Crippen LogP contribution in [0.25, 0.3) is 6.08 Å². The average Bonchev–Trinajstić information content (AvgIpc) is 3.50. The molecule has 3 aliphatic rings. The Morgan fingerprint density at radius 2 is 1.98 bits per heavy atom. The van der Waals surface area contributed by atoms with Crippen molar-refractivity contribution in [3.8, 4) is 11.5 Å². The van der Waals surface area contributed by atoms with Crippen molar-refractivity contribution >= 4 is 23.6 Å². The van der Waals surface area contributed by atoms with E-state index in [1.807, 2.05) is 12.1 Å². The molecule has 1 N–H and O–H groups in total. The van der Waals surface area contributed by atoms with Crippen LogP contribution in [0.3, 0.4) is 0 Å². The summed E-state index contributed by atoms with van der Waals surface area (Å²) >= 11 is 5.91. The Morgan fingerprint density at radius 1 is 1.18 bits per heavy atom. The largest absolute Gasteiger partial charge is 0.478 e. The number of rotatable bonds is 8. The van der Waals surface area contributed by atoms with E-state index in [1.165, 1.54) is 6.07 Å². The Kier molecular flexibility index (Phi) is 7.53. The van der Waals surface area contributed by atoms with Crippen molar-refractivity contribution in [1.82, 2.24) is 14.5 Å². The van der Waals surface area contributed by atoms with Crippen molar-refractivity contribution < 1.29 is 28.5 Å². The molecule has 6 rings (SSSR count). The lowest BCUT2D eigenvalue weighted by Crippen LogP contribution is -2.35. The summed E-state index contributed by atoms with van der Waals surface area (Å²) in [6.45, 7) is 5.42. The molecule has 0 amide bonds. The van der Waals surface area contributed by atoms with Gasteiger partial charge < -0.3 is 23.9 Å². The number of hydrogen-bond acceptors (Lipinski definition) is 6. The summed E-state index contributed by atoms with van der Waals surface area (Å²) in [6.07, 6.45) is 5.54.